The van der Waals surface area contributed by atoms with Crippen LogP contribution in [0.2, 0.25) is 0 Å². The van der Waals surface area contributed by atoms with Crippen molar-refractivity contribution >= 4 is 29.2 Å². The minimum absolute atomic E-state index is 0.00616. The fourth-order valence-electron chi connectivity index (χ4n) is 3.78. The average Bonchev–Trinajstić information content (AvgIpc) is 3.34. The third-order valence-corrected chi connectivity index (χ3v) is 5.10. The Morgan fingerprint density at radius 3 is 2.92 bits per heavy atom. The van der Waals surface area contributed by atoms with Gasteiger partial charge in [0.15, 0.2) is 12.4 Å². The van der Waals surface area contributed by atoms with Crippen molar-refractivity contribution in [3.63, 3.8) is 0 Å². The third-order valence-electron chi connectivity index (χ3n) is 5.10. The number of fused-ring (bicyclic) bond motifs is 5. The Morgan fingerprint density at radius 1 is 1.27 bits per heavy atom. The first-order chi connectivity index (χ1) is 12.6. The van der Waals surface area contributed by atoms with E-state index in [2.05, 4.69) is 10.5 Å². The highest BCUT2D eigenvalue weighted by molar-refractivity contribution is 6.00. The van der Waals surface area contributed by atoms with Crippen molar-refractivity contribution in [2.45, 2.75) is 18.6 Å². The molecule has 0 unspecified atom stereocenters. The van der Waals surface area contributed by atoms with Crippen molar-refractivity contribution in [3.8, 4) is 5.75 Å². The van der Waals surface area contributed by atoms with E-state index in [0.717, 1.165) is 16.9 Å². The second-order valence-corrected chi connectivity index (χ2v) is 6.48. The molecule has 4 heterocycles. The van der Waals surface area contributed by atoms with Gasteiger partial charge in [-0.15, -0.1) is 0 Å². The second kappa shape index (κ2) is 5.38. The molecule has 0 saturated carbocycles. The lowest BCUT2D eigenvalue weighted by atomic mass is 10.0. The molecular formula is C17H16N4O5. The highest BCUT2D eigenvalue weighted by Crippen LogP contribution is 2.47. The Hall–Kier alpha value is -3.23. The highest BCUT2D eigenvalue weighted by Gasteiger charge is 2.49. The van der Waals surface area contributed by atoms with Gasteiger partial charge in [-0.05, 0) is 12.1 Å². The van der Waals surface area contributed by atoms with E-state index in [-0.39, 0.29) is 30.8 Å². The zero-order chi connectivity index (χ0) is 17.8. The first-order valence-corrected chi connectivity index (χ1v) is 8.33. The molecule has 3 aliphatic rings. The molecule has 9 heteroatoms. The molecule has 0 aliphatic carbocycles. The Kier molecular flexibility index (Phi) is 3.12. The van der Waals surface area contributed by atoms with Crippen LogP contribution in [0.3, 0.4) is 0 Å². The summed E-state index contributed by atoms with van der Waals surface area (Å²) in [6.45, 7) is 0.432. The number of carbonyl (C=O) groups is 2. The van der Waals surface area contributed by atoms with E-state index in [1.165, 1.54) is 6.26 Å². The Bertz CT molecular complexity index is 897. The predicted molar refractivity (Wildman–Crippen MR) is 90.6 cm³/mol. The zero-order valence-corrected chi connectivity index (χ0v) is 14.0. The van der Waals surface area contributed by atoms with E-state index in [9.17, 15) is 9.59 Å². The first-order valence-electron chi connectivity index (χ1n) is 8.33. The Labute approximate surface area is 148 Å². The average molecular weight is 356 g/mol. The number of nitrogens with zero attached hydrogens (tertiary/aromatic N) is 3. The van der Waals surface area contributed by atoms with Crippen molar-refractivity contribution in [3.05, 3.63) is 30.0 Å². The summed E-state index contributed by atoms with van der Waals surface area (Å²) >= 11 is 0. The van der Waals surface area contributed by atoms with Gasteiger partial charge < -0.3 is 24.2 Å². The molecule has 26 heavy (non-hydrogen) atoms. The fraction of sp³-hybridized carbons (Fsp3) is 0.353. The standard InChI is InChI=1S/C17H16N4O5/c1-20-11-3-2-10-9(16(11)24-8-15(20)22)6-12-13(26-17(23)21(10)12)7-18-14-4-5-25-19-14/h2-5,12-13H,6-8H2,1H3,(H,18,19)/t12-,13-/m0/s1. The van der Waals surface area contributed by atoms with Gasteiger partial charge in [-0.3, -0.25) is 9.69 Å². The number of anilines is 3. The minimum atomic E-state index is -0.374. The molecule has 1 saturated heterocycles. The second-order valence-electron chi connectivity index (χ2n) is 6.48. The van der Waals surface area contributed by atoms with Gasteiger partial charge in [-0.2, -0.15) is 0 Å². The van der Waals surface area contributed by atoms with E-state index in [1.54, 1.807) is 22.9 Å². The number of hydrogen-bond donors (Lipinski definition) is 1. The molecule has 1 N–H and O–H groups in total. The number of benzene rings is 1. The smallest absolute Gasteiger partial charge is 0.415 e. The summed E-state index contributed by atoms with van der Waals surface area (Å²) in [6, 6.07) is 5.23. The lowest BCUT2D eigenvalue weighted by Crippen LogP contribution is -2.36. The van der Waals surface area contributed by atoms with E-state index in [1.807, 2.05) is 12.1 Å². The van der Waals surface area contributed by atoms with Gasteiger partial charge in [0.25, 0.3) is 5.91 Å². The molecule has 9 nitrogen and oxygen atoms in total. The Morgan fingerprint density at radius 2 is 2.12 bits per heavy atom. The number of ether oxygens (including phenoxy) is 2. The molecule has 0 radical (unpaired) electrons. The van der Waals surface area contributed by atoms with Crippen LogP contribution in [0.4, 0.5) is 22.0 Å². The van der Waals surface area contributed by atoms with Crippen molar-refractivity contribution in [2.75, 3.05) is 35.3 Å². The Balaban J connectivity index is 1.44. The number of carbonyl (C=O) groups excluding carboxylic acids is 2. The number of rotatable bonds is 3. The normalized spacial score (nSPS) is 23.3. The summed E-state index contributed by atoms with van der Waals surface area (Å²) < 4.78 is 16.0. The molecule has 134 valence electrons. The maximum atomic E-state index is 12.4. The summed E-state index contributed by atoms with van der Waals surface area (Å²) in [5.74, 6) is 1.18. The van der Waals surface area contributed by atoms with Crippen LogP contribution in [0.15, 0.2) is 29.0 Å². The van der Waals surface area contributed by atoms with Gasteiger partial charge in [0.2, 0.25) is 0 Å². The minimum Gasteiger partial charge on any atom is -0.481 e. The van der Waals surface area contributed by atoms with E-state index >= 15 is 0 Å². The lowest BCUT2D eigenvalue weighted by molar-refractivity contribution is -0.121. The fourth-order valence-corrected chi connectivity index (χ4v) is 3.78. The molecule has 1 fully saturated rings. The quantitative estimate of drug-likeness (QED) is 0.887. The number of nitrogens with one attached hydrogen (secondary N) is 1. The summed E-state index contributed by atoms with van der Waals surface area (Å²) in [5, 5.41) is 6.91. The van der Waals surface area contributed by atoms with Crippen LogP contribution < -0.4 is 19.9 Å². The number of aromatic nitrogens is 1. The summed E-state index contributed by atoms with van der Waals surface area (Å²) in [5.41, 5.74) is 2.45. The van der Waals surface area contributed by atoms with Crippen molar-refractivity contribution in [1.82, 2.24) is 5.16 Å². The molecule has 3 aliphatic heterocycles. The summed E-state index contributed by atoms with van der Waals surface area (Å²) in [6.07, 6.45) is 1.38. The van der Waals surface area contributed by atoms with Crippen LogP contribution in [0, 0.1) is 0 Å². The van der Waals surface area contributed by atoms with Gasteiger partial charge in [0.1, 0.15) is 18.1 Å². The molecule has 2 atom stereocenters. The van der Waals surface area contributed by atoms with E-state index in [0.29, 0.717) is 24.5 Å². The van der Waals surface area contributed by atoms with Crippen LogP contribution in [-0.4, -0.2) is 49.5 Å². The predicted octanol–water partition coefficient (Wildman–Crippen LogP) is 1.39. The summed E-state index contributed by atoms with van der Waals surface area (Å²) in [4.78, 5) is 27.5. The highest BCUT2D eigenvalue weighted by atomic mass is 16.6. The van der Waals surface area contributed by atoms with Crippen LogP contribution in [-0.2, 0) is 16.0 Å². The van der Waals surface area contributed by atoms with E-state index in [4.69, 9.17) is 14.0 Å². The van der Waals surface area contributed by atoms with Gasteiger partial charge in [-0.25, -0.2) is 4.79 Å². The topological polar surface area (TPSA) is 97.1 Å². The number of likely N-dealkylation sites (N-methyl/N-ethyl adjacent to an activating group) is 1. The number of hydrogen-bond acceptors (Lipinski definition) is 7. The van der Waals surface area contributed by atoms with Gasteiger partial charge in [0.05, 0.1) is 24.0 Å². The van der Waals surface area contributed by atoms with Crippen LogP contribution in [0.1, 0.15) is 5.56 Å². The van der Waals surface area contributed by atoms with Crippen molar-refractivity contribution < 1.29 is 23.6 Å². The molecule has 5 rings (SSSR count). The molecule has 0 bridgehead atoms. The monoisotopic (exact) mass is 356 g/mol. The van der Waals surface area contributed by atoms with Crippen LogP contribution in [0.5, 0.6) is 5.75 Å². The van der Waals surface area contributed by atoms with E-state index < -0.39 is 0 Å². The lowest BCUT2D eigenvalue weighted by Gasteiger charge is -2.27. The first kappa shape index (κ1) is 15.1. The van der Waals surface area contributed by atoms with Gasteiger partial charge in [0, 0.05) is 25.1 Å². The maximum Gasteiger partial charge on any atom is 0.415 e. The summed E-state index contributed by atoms with van der Waals surface area (Å²) in [7, 11) is 1.73. The zero-order valence-electron chi connectivity index (χ0n) is 14.0. The molecule has 2 amide bonds. The molecular weight excluding hydrogens is 340 g/mol. The number of amides is 2. The third kappa shape index (κ3) is 2.06. The van der Waals surface area contributed by atoms with Gasteiger partial charge in [-0.1, -0.05) is 5.16 Å². The van der Waals surface area contributed by atoms with Crippen LogP contribution >= 0.6 is 0 Å². The van der Waals surface area contributed by atoms with Crippen molar-refractivity contribution in [2.24, 2.45) is 0 Å². The molecule has 1 aromatic heterocycles. The number of cyclic esters (lactones) is 1. The largest absolute Gasteiger partial charge is 0.481 e. The molecule has 0 spiro atoms. The SMILES string of the molecule is CN1C(=O)COc2c1ccc1c2C[C@H]2[C@H](CNc3ccon3)OC(=O)N12. The maximum absolute atomic E-state index is 12.4. The molecule has 1 aromatic carbocycles. The van der Waals surface area contributed by atoms with Crippen LogP contribution in [0.25, 0.3) is 0 Å². The van der Waals surface area contributed by atoms with Gasteiger partial charge >= 0.3 is 6.09 Å². The molecule has 2 aromatic rings. The van der Waals surface area contributed by atoms with Crippen molar-refractivity contribution in [1.29, 1.82) is 0 Å².